The van der Waals surface area contributed by atoms with E-state index in [2.05, 4.69) is 27.3 Å². The normalized spacial score (nSPS) is 17.3. The van der Waals surface area contributed by atoms with Crippen molar-refractivity contribution >= 4 is 33.7 Å². The summed E-state index contributed by atoms with van der Waals surface area (Å²) in [6.45, 7) is 4.24. The lowest BCUT2D eigenvalue weighted by molar-refractivity contribution is -0.150. The highest BCUT2D eigenvalue weighted by molar-refractivity contribution is 9.10. The lowest BCUT2D eigenvalue weighted by Gasteiger charge is -2.28. The van der Waals surface area contributed by atoms with Gasteiger partial charge in [-0.3, -0.25) is 10.1 Å². The zero-order chi connectivity index (χ0) is 15.3. The smallest absolute Gasteiger partial charge is 0.326 e. The first-order chi connectivity index (χ1) is 10.0. The highest BCUT2D eigenvalue weighted by Gasteiger charge is 2.39. The Bertz CT molecular complexity index is 493. The number of benzene rings is 1. The summed E-state index contributed by atoms with van der Waals surface area (Å²) >= 11 is 5.32. The Labute approximate surface area is 139 Å². The number of carbonyl (C=O) groups is 1. The monoisotopic (exact) mass is 371 g/mol. The van der Waals surface area contributed by atoms with E-state index >= 15 is 0 Å². The molecule has 0 saturated heterocycles. The van der Waals surface area contributed by atoms with Crippen molar-refractivity contribution in [2.24, 2.45) is 0 Å². The Morgan fingerprint density at radius 3 is 2.81 bits per heavy atom. The van der Waals surface area contributed by atoms with Crippen LogP contribution in [0.15, 0.2) is 33.6 Å². The van der Waals surface area contributed by atoms with Gasteiger partial charge in [-0.1, -0.05) is 12.1 Å². The Balaban J connectivity index is 1.92. The van der Waals surface area contributed by atoms with Crippen LogP contribution in [-0.4, -0.2) is 29.9 Å². The third kappa shape index (κ3) is 5.01. The summed E-state index contributed by atoms with van der Waals surface area (Å²) in [6, 6.07) is 8.64. The van der Waals surface area contributed by atoms with Crippen LogP contribution in [0.5, 0.6) is 0 Å². The molecule has 1 atom stereocenters. The first-order valence-electron chi connectivity index (χ1n) is 7.37. The van der Waals surface area contributed by atoms with E-state index in [-0.39, 0.29) is 5.97 Å². The van der Waals surface area contributed by atoms with Crippen molar-refractivity contribution in [2.75, 3.05) is 12.4 Å². The zero-order valence-corrected chi connectivity index (χ0v) is 14.9. The minimum atomic E-state index is -0.578. The average Bonchev–Trinajstić information content (AvgIpc) is 3.25. The summed E-state index contributed by atoms with van der Waals surface area (Å²) in [7, 11) is 0. The van der Waals surface area contributed by atoms with E-state index in [1.165, 1.54) is 4.90 Å². The highest BCUT2D eigenvalue weighted by atomic mass is 79.9. The molecule has 0 bridgehead atoms. The molecule has 1 unspecified atom stereocenters. The molecule has 1 aromatic rings. The molecule has 0 radical (unpaired) electrons. The van der Waals surface area contributed by atoms with E-state index in [0.29, 0.717) is 12.6 Å². The van der Waals surface area contributed by atoms with Crippen LogP contribution < -0.4 is 5.32 Å². The fraction of sp³-hybridized carbons (Fsp3) is 0.562. The Hall–Kier alpha value is -0.520. The first kappa shape index (κ1) is 16.8. The Morgan fingerprint density at radius 1 is 1.48 bits per heavy atom. The maximum Gasteiger partial charge on any atom is 0.326 e. The van der Waals surface area contributed by atoms with E-state index in [1.54, 1.807) is 11.8 Å². The molecule has 1 aliphatic carbocycles. The number of thioether (sulfide) groups is 1. The number of rotatable bonds is 8. The standard InChI is InChI=1S/C16H22BrNO2S/c1-3-20-15(19)16(2,18-12-8-9-12)10-11-21-14-7-5-4-6-13(14)17/h4-7,12,18H,3,8-11H2,1-2H3. The zero-order valence-electron chi connectivity index (χ0n) is 12.5. The molecule has 2 rings (SSSR count). The summed E-state index contributed by atoms with van der Waals surface area (Å²) < 4.78 is 6.34. The van der Waals surface area contributed by atoms with Gasteiger partial charge in [0.1, 0.15) is 5.54 Å². The maximum atomic E-state index is 12.2. The number of esters is 1. The van der Waals surface area contributed by atoms with E-state index < -0.39 is 5.54 Å². The van der Waals surface area contributed by atoms with Crippen LogP contribution in [0.4, 0.5) is 0 Å². The maximum absolute atomic E-state index is 12.2. The van der Waals surface area contributed by atoms with E-state index in [1.807, 2.05) is 32.0 Å². The molecule has 116 valence electrons. The van der Waals surface area contributed by atoms with Crippen LogP contribution >= 0.6 is 27.7 Å². The summed E-state index contributed by atoms with van der Waals surface area (Å²) in [5, 5.41) is 3.45. The second-order valence-electron chi connectivity index (χ2n) is 5.50. The van der Waals surface area contributed by atoms with Crippen molar-refractivity contribution in [1.82, 2.24) is 5.32 Å². The lowest BCUT2D eigenvalue weighted by atomic mass is 9.99. The summed E-state index contributed by atoms with van der Waals surface area (Å²) in [5.74, 6) is 0.738. The van der Waals surface area contributed by atoms with E-state index in [4.69, 9.17) is 4.74 Å². The molecule has 5 heteroatoms. The van der Waals surface area contributed by atoms with Crippen molar-refractivity contribution in [3.8, 4) is 0 Å². The van der Waals surface area contributed by atoms with Gasteiger partial charge in [0.25, 0.3) is 0 Å². The molecule has 1 N–H and O–H groups in total. The molecule has 1 aromatic carbocycles. The molecule has 0 amide bonds. The quantitative estimate of drug-likeness (QED) is 0.553. The van der Waals surface area contributed by atoms with Gasteiger partial charge in [0.2, 0.25) is 0 Å². The van der Waals surface area contributed by atoms with Gasteiger partial charge in [0.15, 0.2) is 0 Å². The van der Waals surface area contributed by atoms with Gasteiger partial charge < -0.3 is 4.74 Å². The number of hydrogen-bond acceptors (Lipinski definition) is 4. The molecular weight excluding hydrogens is 350 g/mol. The number of ether oxygens (including phenoxy) is 1. The van der Waals surface area contributed by atoms with Gasteiger partial charge in [0.05, 0.1) is 6.61 Å². The first-order valence-corrected chi connectivity index (χ1v) is 9.15. The average molecular weight is 372 g/mol. The second kappa shape index (κ2) is 7.65. The third-order valence-electron chi connectivity index (χ3n) is 3.52. The van der Waals surface area contributed by atoms with E-state index in [0.717, 1.165) is 29.5 Å². The van der Waals surface area contributed by atoms with Gasteiger partial charge in [-0.25, -0.2) is 0 Å². The molecule has 0 aromatic heterocycles. The van der Waals surface area contributed by atoms with Gasteiger partial charge >= 0.3 is 5.97 Å². The summed E-state index contributed by atoms with van der Waals surface area (Å²) in [5.41, 5.74) is -0.578. The molecule has 21 heavy (non-hydrogen) atoms. The molecule has 1 fully saturated rings. The minimum Gasteiger partial charge on any atom is -0.465 e. The predicted molar refractivity (Wildman–Crippen MR) is 90.7 cm³/mol. The largest absolute Gasteiger partial charge is 0.465 e. The molecule has 3 nitrogen and oxygen atoms in total. The number of carbonyl (C=O) groups excluding carboxylic acids is 1. The highest BCUT2D eigenvalue weighted by Crippen LogP contribution is 2.30. The summed E-state index contributed by atoms with van der Waals surface area (Å²) in [4.78, 5) is 13.4. The Morgan fingerprint density at radius 2 is 2.19 bits per heavy atom. The van der Waals surface area contributed by atoms with Crippen molar-refractivity contribution in [3.05, 3.63) is 28.7 Å². The molecule has 0 spiro atoms. The van der Waals surface area contributed by atoms with Gasteiger partial charge in [0, 0.05) is 21.2 Å². The molecule has 1 saturated carbocycles. The van der Waals surface area contributed by atoms with Gasteiger partial charge in [-0.2, -0.15) is 0 Å². The van der Waals surface area contributed by atoms with Gasteiger partial charge in [-0.15, -0.1) is 11.8 Å². The van der Waals surface area contributed by atoms with Crippen molar-refractivity contribution in [3.63, 3.8) is 0 Å². The molecule has 0 heterocycles. The molecule has 1 aliphatic rings. The van der Waals surface area contributed by atoms with Crippen molar-refractivity contribution < 1.29 is 9.53 Å². The molecular formula is C16H22BrNO2S. The van der Waals surface area contributed by atoms with Crippen molar-refractivity contribution in [2.45, 2.75) is 49.6 Å². The van der Waals surface area contributed by atoms with E-state index in [9.17, 15) is 4.79 Å². The lowest BCUT2D eigenvalue weighted by Crippen LogP contribution is -2.51. The van der Waals surface area contributed by atoms with Crippen LogP contribution in [0.1, 0.15) is 33.1 Å². The van der Waals surface area contributed by atoms with Gasteiger partial charge in [-0.05, 0) is 61.2 Å². The van der Waals surface area contributed by atoms with Crippen LogP contribution in [0.2, 0.25) is 0 Å². The SMILES string of the molecule is CCOC(=O)C(C)(CCSc1ccccc1Br)NC1CC1. The van der Waals surface area contributed by atoms with Crippen LogP contribution in [0.3, 0.4) is 0 Å². The fourth-order valence-corrected chi connectivity index (χ4v) is 3.87. The van der Waals surface area contributed by atoms with Crippen LogP contribution in [0.25, 0.3) is 0 Å². The topological polar surface area (TPSA) is 38.3 Å². The second-order valence-corrected chi connectivity index (χ2v) is 7.49. The summed E-state index contributed by atoms with van der Waals surface area (Å²) in [6.07, 6.45) is 3.08. The number of halogens is 1. The fourth-order valence-electron chi connectivity index (χ4n) is 2.13. The van der Waals surface area contributed by atoms with Crippen LogP contribution in [0, 0.1) is 0 Å². The van der Waals surface area contributed by atoms with Crippen LogP contribution in [-0.2, 0) is 9.53 Å². The molecule has 0 aliphatic heterocycles. The third-order valence-corrected chi connectivity index (χ3v) is 5.55. The number of nitrogens with one attached hydrogen (secondary N) is 1. The van der Waals surface area contributed by atoms with Crippen molar-refractivity contribution in [1.29, 1.82) is 0 Å². The Kier molecular flexibility index (Phi) is 6.14. The number of hydrogen-bond donors (Lipinski definition) is 1. The minimum absolute atomic E-state index is 0.135. The predicted octanol–water partition coefficient (Wildman–Crippen LogP) is 4.01.